The zero-order valence-corrected chi connectivity index (χ0v) is 11.1. The van der Waals surface area contributed by atoms with Crippen molar-refractivity contribution in [1.29, 1.82) is 0 Å². The van der Waals surface area contributed by atoms with Gasteiger partial charge in [-0.1, -0.05) is 26.3 Å². The van der Waals surface area contributed by atoms with Crippen molar-refractivity contribution in [3.05, 3.63) is 24.3 Å². The molecule has 0 aromatic heterocycles. The van der Waals surface area contributed by atoms with E-state index < -0.39 is 10.8 Å². The minimum atomic E-state index is -0.897. The molecule has 1 rings (SSSR count). The molecule has 0 bridgehead atoms. The predicted octanol–water partition coefficient (Wildman–Crippen LogP) is 3.27. The van der Waals surface area contributed by atoms with Gasteiger partial charge in [-0.05, 0) is 30.5 Å². The maximum Gasteiger partial charge on any atom is 0.0498 e. The maximum absolute atomic E-state index is 11.3. The van der Waals surface area contributed by atoms with Crippen LogP contribution in [0.3, 0.4) is 0 Å². The normalized spacial score (nSPS) is 14.4. The Labute approximate surface area is 101 Å². The lowest BCUT2D eigenvalue weighted by Crippen LogP contribution is -2.11. The molecule has 0 aliphatic carbocycles. The molecule has 0 saturated heterocycles. The van der Waals surface area contributed by atoms with Crippen molar-refractivity contribution in [2.24, 2.45) is 5.92 Å². The number of hydrogen-bond donors (Lipinski definition) is 1. The Morgan fingerprint density at radius 3 is 2.81 bits per heavy atom. The molecule has 2 atom stereocenters. The first-order valence-corrected chi connectivity index (χ1v) is 7.36. The van der Waals surface area contributed by atoms with Crippen LogP contribution in [-0.2, 0) is 10.8 Å². The Bertz CT molecular complexity index is 352. The molecule has 1 aromatic rings. The highest BCUT2D eigenvalue weighted by Crippen LogP contribution is 2.14. The van der Waals surface area contributed by atoms with Gasteiger partial charge in [-0.3, -0.25) is 4.21 Å². The second kappa shape index (κ2) is 6.69. The Hall–Kier alpha value is -0.830. The van der Waals surface area contributed by atoms with Crippen molar-refractivity contribution in [2.45, 2.75) is 31.6 Å². The van der Waals surface area contributed by atoms with E-state index in [1.807, 2.05) is 24.3 Å². The summed E-state index contributed by atoms with van der Waals surface area (Å²) in [6.07, 6.45) is 4.17. The first-order valence-electron chi connectivity index (χ1n) is 5.80. The zero-order valence-electron chi connectivity index (χ0n) is 10.3. The van der Waals surface area contributed by atoms with E-state index in [0.29, 0.717) is 5.92 Å². The van der Waals surface area contributed by atoms with Gasteiger partial charge in [0.25, 0.3) is 0 Å². The van der Waals surface area contributed by atoms with Crippen LogP contribution in [0.4, 0.5) is 5.69 Å². The van der Waals surface area contributed by atoms with E-state index in [4.69, 9.17) is 0 Å². The molecular weight excluding hydrogens is 218 g/mol. The van der Waals surface area contributed by atoms with E-state index in [2.05, 4.69) is 19.2 Å². The van der Waals surface area contributed by atoms with Gasteiger partial charge in [0, 0.05) is 34.2 Å². The van der Waals surface area contributed by atoms with Crippen molar-refractivity contribution in [3.63, 3.8) is 0 Å². The quantitative estimate of drug-likeness (QED) is 0.825. The summed E-state index contributed by atoms with van der Waals surface area (Å²) in [7, 11) is -0.897. The number of anilines is 1. The smallest absolute Gasteiger partial charge is 0.0498 e. The lowest BCUT2D eigenvalue weighted by Gasteiger charge is -2.12. The van der Waals surface area contributed by atoms with Crippen molar-refractivity contribution < 1.29 is 4.21 Å². The molecule has 0 heterocycles. The van der Waals surface area contributed by atoms with Crippen molar-refractivity contribution >= 4 is 16.5 Å². The SMILES string of the molecule is CCCC(C)CNc1cccc(S(C)=O)c1. The van der Waals surface area contributed by atoms with Gasteiger partial charge >= 0.3 is 0 Å². The van der Waals surface area contributed by atoms with Crippen LogP contribution in [0.15, 0.2) is 29.2 Å². The lowest BCUT2D eigenvalue weighted by molar-refractivity contribution is 0.551. The fraction of sp³-hybridized carbons (Fsp3) is 0.538. The molecule has 2 unspecified atom stereocenters. The van der Waals surface area contributed by atoms with Crippen molar-refractivity contribution in [3.8, 4) is 0 Å². The number of nitrogens with one attached hydrogen (secondary N) is 1. The van der Waals surface area contributed by atoms with Crippen LogP contribution in [0.2, 0.25) is 0 Å². The van der Waals surface area contributed by atoms with E-state index in [1.165, 1.54) is 12.8 Å². The fourth-order valence-corrected chi connectivity index (χ4v) is 2.23. The maximum atomic E-state index is 11.3. The summed E-state index contributed by atoms with van der Waals surface area (Å²) in [6, 6.07) is 7.84. The summed E-state index contributed by atoms with van der Waals surface area (Å²) in [5, 5.41) is 3.39. The third-order valence-electron chi connectivity index (χ3n) is 2.60. The van der Waals surface area contributed by atoms with Crippen LogP contribution in [0, 0.1) is 5.92 Å². The van der Waals surface area contributed by atoms with E-state index in [9.17, 15) is 4.21 Å². The molecule has 0 spiro atoms. The molecule has 3 heteroatoms. The Balaban J connectivity index is 2.54. The minimum absolute atomic E-state index is 0.681. The van der Waals surface area contributed by atoms with Gasteiger partial charge in [0.05, 0.1) is 0 Å². The van der Waals surface area contributed by atoms with Gasteiger partial charge < -0.3 is 5.32 Å². The van der Waals surface area contributed by atoms with Gasteiger partial charge in [0.2, 0.25) is 0 Å². The summed E-state index contributed by atoms with van der Waals surface area (Å²) in [6.45, 7) is 5.43. The summed E-state index contributed by atoms with van der Waals surface area (Å²) >= 11 is 0. The molecule has 1 N–H and O–H groups in total. The van der Waals surface area contributed by atoms with Crippen molar-refractivity contribution in [1.82, 2.24) is 0 Å². The van der Waals surface area contributed by atoms with E-state index in [1.54, 1.807) is 6.26 Å². The minimum Gasteiger partial charge on any atom is -0.385 e. The van der Waals surface area contributed by atoms with Gasteiger partial charge in [0.1, 0.15) is 0 Å². The van der Waals surface area contributed by atoms with Gasteiger partial charge in [-0.2, -0.15) is 0 Å². The summed E-state index contributed by atoms with van der Waals surface area (Å²) in [4.78, 5) is 0.883. The highest BCUT2D eigenvalue weighted by molar-refractivity contribution is 7.84. The van der Waals surface area contributed by atoms with Gasteiger partial charge in [0.15, 0.2) is 0 Å². The van der Waals surface area contributed by atoms with Gasteiger partial charge in [-0.15, -0.1) is 0 Å². The second-order valence-corrected chi connectivity index (χ2v) is 5.64. The predicted molar refractivity (Wildman–Crippen MR) is 71.3 cm³/mol. The highest BCUT2D eigenvalue weighted by Gasteiger charge is 2.02. The Morgan fingerprint density at radius 2 is 2.19 bits per heavy atom. The largest absolute Gasteiger partial charge is 0.385 e. The first kappa shape index (κ1) is 13.2. The third kappa shape index (κ3) is 4.35. The highest BCUT2D eigenvalue weighted by atomic mass is 32.2. The van der Waals surface area contributed by atoms with Crippen LogP contribution >= 0.6 is 0 Å². The average Bonchev–Trinajstić information content (AvgIpc) is 2.27. The summed E-state index contributed by atoms with van der Waals surface area (Å²) in [5.74, 6) is 0.681. The monoisotopic (exact) mass is 239 g/mol. The molecular formula is C13H21NOS. The van der Waals surface area contributed by atoms with Crippen LogP contribution in [-0.4, -0.2) is 17.0 Å². The van der Waals surface area contributed by atoms with Crippen LogP contribution in [0.1, 0.15) is 26.7 Å². The second-order valence-electron chi connectivity index (χ2n) is 4.26. The molecule has 0 radical (unpaired) electrons. The number of hydrogen-bond acceptors (Lipinski definition) is 2. The number of benzene rings is 1. The zero-order chi connectivity index (χ0) is 12.0. The Morgan fingerprint density at radius 1 is 1.44 bits per heavy atom. The molecule has 90 valence electrons. The number of rotatable bonds is 6. The van der Waals surface area contributed by atoms with Crippen LogP contribution in [0.5, 0.6) is 0 Å². The fourth-order valence-electron chi connectivity index (χ4n) is 1.67. The topological polar surface area (TPSA) is 29.1 Å². The van der Waals surface area contributed by atoms with Crippen LogP contribution in [0.25, 0.3) is 0 Å². The standard InChI is InChI=1S/C13H21NOS/c1-4-6-11(2)10-14-12-7-5-8-13(9-12)16(3)15/h5,7-9,11,14H,4,6,10H2,1-3H3. The Kier molecular flexibility index (Phi) is 5.53. The molecule has 0 fully saturated rings. The average molecular weight is 239 g/mol. The molecule has 16 heavy (non-hydrogen) atoms. The van der Waals surface area contributed by atoms with Gasteiger partial charge in [-0.25, -0.2) is 0 Å². The molecule has 0 aliphatic rings. The summed E-state index contributed by atoms with van der Waals surface area (Å²) < 4.78 is 11.3. The molecule has 2 nitrogen and oxygen atoms in total. The van der Waals surface area contributed by atoms with E-state index in [0.717, 1.165) is 17.1 Å². The molecule has 0 saturated carbocycles. The van der Waals surface area contributed by atoms with E-state index in [-0.39, 0.29) is 0 Å². The van der Waals surface area contributed by atoms with Crippen LogP contribution < -0.4 is 5.32 Å². The lowest BCUT2D eigenvalue weighted by atomic mass is 10.1. The van der Waals surface area contributed by atoms with E-state index >= 15 is 0 Å². The molecule has 0 aliphatic heterocycles. The molecule has 1 aromatic carbocycles. The van der Waals surface area contributed by atoms with Crippen molar-refractivity contribution in [2.75, 3.05) is 18.1 Å². The third-order valence-corrected chi connectivity index (χ3v) is 3.52. The molecule has 0 amide bonds. The summed E-state index contributed by atoms with van der Waals surface area (Å²) in [5.41, 5.74) is 1.07. The first-order chi connectivity index (χ1) is 7.63.